The van der Waals surface area contributed by atoms with Crippen LogP contribution < -0.4 is 5.32 Å². The Morgan fingerprint density at radius 1 is 1.11 bits per heavy atom. The Morgan fingerprint density at radius 2 is 1.86 bits per heavy atom. The fraction of sp³-hybridized carbons (Fsp3) is 0.714. The molecule has 2 aliphatic heterocycles. The third kappa shape index (κ3) is 6.37. The summed E-state index contributed by atoms with van der Waals surface area (Å²) in [5.74, 6) is 3.10. The molecule has 4 atom stereocenters. The fourth-order valence-electron chi connectivity index (χ4n) is 5.09. The molecule has 28 heavy (non-hydrogen) atoms. The zero-order chi connectivity index (χ0) is 19.2. The summed E-state index contributed by atoms with van der Waals surface area (Å²) in [4.78, 5) is 5.27. The van der Waals surface area contributed by atoms with E-state index in [9.17, 15) is 0 Å². The summed E-state index contributed by atoms with van der Waals surface area (Å²) in [6.45, 7) is 5.28. The van der Waals surface area contributed by atoms with Crippen molar-refractivity contribution in [2.75, 3.05) is 51.3 Å². The molecule has 0 aromatic heterocycles. The van der Waals surface area contributed by atoms with Crippen LogP contribution in [0.4, 0.5) is 0 Å². The van der Waals surface area contributed by atoms with Gasteiger partial charge in [0.1, 0.15) is 0 Å². The van der Waals surface area contributed by atoms with Crippen LogP contribution in [-0.2, 0) is 20.1 Å². The Labute approximate surface area is 200 Å². The van der Waals surface area contributed by atoms with Gasteiger partial charge in [-0.1, -0.05) is 23.7 Å². The first-order chi connectivity index (χ1) is 13.1. The van der Waals surface area contributed by atoms with Crippen molar-refractivity contribution in [3.8, 4) is 0 Å². The summed E-state index contributed by atoms with van der Waals surface area (Å²) in [7, 11) is 2.34. The average Bonchev–Trinajstić information content (AvgIpc) is 2.91. The number of halogens is 1. The van der Waals surface area contributed by atoms with Crippen molar-refractivity contribution in [3.63, 3.8) is 0 Å². The van der Waals surface area contributed by atoms with E-state index >= 15 is 0 Å². The second-order valence-electron chi connectivity index (χ2n) is 8.02. The Morgan fingerprint density at radius 3 is 2.54 bits per heavy atom. The molecule has 159 valence electrons. The molecular weight excluding hydrogens is 493 g/mol. The second-order valence-corrected chi connectivity index (χ2v) is 9.35. The predicted molar refractivity (Wildman–Crippen MR) is 124 cm³/mol. The van der Waals surface area contributed by atoms with Crippen molar-refractivity contribution in [1.29, 1.82) is 0 Å². The van der Waals surface area contributed by atoms with E-state index in [0.29, 0.717) is 17.9 Å². The minimum atomic E-state index is 0. The monoisotopic (exact) mass is 526 g/mol. The maximum Gasteiger partial charge on any atom is 0.0406 e. The molecule has 0 aliphatic carbocycles. The first kappa shape index (κ1) is 25.0. The first-order valence-corrected chi connectivity index (χ1v) is 11.9. The van der Waals surface area contributed by atoms with Crippen LogP contribution in [0.1, 0.15) is 30.7 Å². The minimum absolute atomic E-state index is 0. The van der Waals surface area contributed by atoms with Crippen molar-refractivity contribution in [2.24, 2.45) is 5.92 Å². The van der Waals surface area contributed by atoms with Crippen LogP contribution in [0.15, 0.2) is 24.3 Å². The summed E-state index contributed by atoms with van der Waals surface area (Å²) in [6.07, 6.45) is 3.95. The molecular formula is C21H34ClN3S2Tc. The molecule has 3 rings (SSSR count). The van der Waals surface area contributed by atoms with Crippen LogP contribution in [0, 0.1) is 5.92 Å². The van der Waals surface area contributed by atoms with Crippen LogP contribution >= 0.6 is 36.9 Å². The Kier molecular flexibility index (Phi) is 11.2. The van der Waals surface area contributed by atoms with Gasteiger partial charge in [-0.25, -0.2) is 0 Å². The number of nitrogens with zero attached hydrogens (tertiary/aromatic N) is 2. The van der Waals surface area contributed by atoms with Gasteiger partial charge in [0.2, 0.25) is 0 Å². The van der Waals surface area contributed by atoms with E-state index in [1.54, 1.807) is 0 Å². The summed E-state index contributed by atoms with van der Waals surface area (Å²) in [5, 5.41) is 4.32. The molecule has 2 saturated heterocycles. The minimum Gasteiger partial charge on any atom is -0.315 e. The van der Waals surface area contributed by atoms with Crippen LogP contribution in [0.3, 0.4) is 0 Å². The molecule has 1 N–H and O–H groups in total. The molecule has 0 saturated carbocycles. The number of piperidine rings is 1. The maximum absolute atomic E-state index is 6.15. The molecule has 0 amide bonds. The van der Waals surface area contributed by atoms with Crippen LogP contribution in [0.25, 0.3) is 0 Å². The number of benzene rings is 1. The van der Waals surface area contributed by atoms with Gasteiger partial charge < -0.3 is 15.1 Å². The number of fused-ring (bicyclic) bond motifs is 2. The maximum atomic E-state index is 6.15. The third-order valence-electron chi connectivity index (χ3n) is 6.51. The third-order valence-corrected chi connectivity index (χ3v) is 7.18. The molecule has 1 aromatic carbocycles. The largest absolute Gasteiger partial charge is 0.315 e. The van der Waals surface area contributed by atoms with Gasteiger partial charge in [0, 0.05) is 81.4 Å². The molecule has 1 aromatic rings. The molecule has 2 heterocycles. The van der Waals surface area contributed by atoms with E-state index in [1.807, 2.05) is 0 Å². The van der Waals surface area contributed by atoms with Gasteiger partial charge in [0.05, 0.1) is 0 Å². The number of thiol groups is 2. The molecule has 2 fully saturated rings. The topological polar surface area (TPSA) is 18.5 Å². The smallest absolute Gasteiger partial charge is 0.0406 e. The molecule has 2 bridgehead atoms. The van der Waals surface area contributed by atoms with Crippen molar-refractivity contribution in [1.82, 2.24) is 15.1 Å². The quantitative estimate of drug-likeness (QED) is 0.319. The molecule has 7 heteroatoms. The van der Waals surface area contributed by atoms with Gasteiger partial charge in [0.15, 0.2) is 0 Å². The standard InChI is InChI=1S/C21H34ClN3S2.Tc/c1-24-18-6-7-21(24)20(15-25(11-13-27)10-8-23-9-12-26)19(14-18)16-2-4-17(22)5-3-16;/h2-5,18-21,23,26-27H,6-15H2,1H3;/t18?,19-,20+,21?;/m1./s1/i;1+1. The molecule has 3 nitrogen and oxygen atoms in total. The number of hydrogen-bond donors (Lipinski definition) is 3. The van der Waals surface area contributed by atoms with Gasteiger partial charge in [-0.2, -0.15) is 25.3 Å². The first-order valence-electron chi connectivity index (χ1n) is 10.3. The fourth-order valence-corrected chi connectivity index (χ4v) is 5.66. The van der Waals surface area contributed by atoms with Crippen LogP contribution in [0.2, 0.25) is 5.02 Å². The normalized spacial score (nSPS) is 27.2. The second kappa shape index (κ2) is 12.6. The zero-order valence-corrected chi connectivity index (χ0v) is 21.1. The van der Waals surface area contributed by atoms with Crippen molar-refractivity contribution < 1.29 is 20.1 Å². The zero-order valence-electron chi connectivity index (χ0n) is 16.7. The number of rotatable bonds is 10. The van der Waals surface area contributed by atoms with Crippen molar-refractivity contribution >= 4 is 36.9 Å². The SMILES string of the molecule is CN1C2CCC1[C@@H](CN(CCS)CCNCCS)[C@@H](c1ccc(Cl)cc1)C2.[99Tc]. The summed E-state index contributed by atoms with van der Waals surface area (Å²) in [6, 6.07) is 10.0. The molecule has 1 radical (unpaired) electrons. The molecule has 2 aliphatic rings. The van der Waals surface area contributed by atoms with Gasteiger partial charge in [-0.05, 0) is 55.8 Å². The van der Waals surface area contributed by atoms with Gasteiger partial charge >= 0.3 is 0 Å². The summed E-state index contributed by atoms with van der Waals surface area (Å²) < 4.78 is 0. The predicted octanol–water partition coefficient (Wildman–Crippen LogP) is 3.66. The van der Waals surface area contributed by atoms with Crippen molar-refractivity contribution in [3.05, 3.63) is 34.9 Å². The molecule has 0 spiro atoms. The average molecular weight is 527 g/mol. The van der Waals surface area contributed by atoms with Crippen molar-refractivity contribution in [2.45, 2.75) is 37.3 Å². The Bertz CT molecular complexity index is 577. The molecule has 2 unspecified atom stereocenters. The van der Waals surface area contributed by atoms with E-state index < -0.39 is 0 Å². The van der Waals surface area contributed by atoms with E-state index in [1.165, 1.54) is 24.8 Å². The Hall–Kier alpha value is 0.739. The van der Waals surface area contributed by atoms with E-state index in [0.717, 1.165) is 55.3 Å². The van der Waals surface area contributed by atoms with E-state index in [4.69, 9.17) is 11.6 Å². The summed E-state index contributed by atoms with van der Waals surface area (Å²) in [5.41, 5.74) is 1.47. The van der Waals surface area contributed by atoms with Crippen LogP contribution in [0.5, 0.6) is 0 Å². The van der Waals surface area contributed by atoms with Gasteiger partial charge in [-0.3, -0.25) is 0 Å². The van der Waals surface area contributed by atoms with E-state index in [2.05, 4.69) is 71.7 Å². The Balaban J connectivity index is 0.00000280. The van der Waals surface area contributed by atoms with E-state index in [-0.39, 0.29) is 20.1 Å². The number of nitrogens with one attached hydrogen (secondary N) is 1. The summed E-state index contributed by atoms with van der Waals surface area (Å²) >= 11 is 15.0. The van der Waals surface area contributed by atoms with Gasteiger partial charge in [0.25, 0.3) is 0 Å². The number of hydrogen-bond acceptors (Lipinski definition) is 5. The van der Waals surface area contributed by atoms with Crippen LogP contribution in [-0.4, -0.2) is 73.2 Å². The van der Waals surface area contributed by atoms with Gasteiger partial charge in [-0.15, -0.1) is 0 Å².